The Labute approximate surface area is 173 Å². The van der Waals surface area contributed by atoms with E-state index in [1.165, 1.54) is 15.8 Å². The first-order valence-electron chi connectivity index (χ1n) is 9.39. The molecule has 2 amide bonds. The van der Waals surface area contributed by atoms with Crippen molar-refractivity contribution in [2.45, 2.75) is 20.4 Å². The van der Waals surface area contributed by atoms with Crippen molar-refractivity contribution in [3.8, 4) is 0 Å². The van der Waals surface area contributed by atoms with Crippen molar-refractivity contribution in [2.24, 2.45) is 0 Å². The molecule has 2 aromatic carbocycles. The summed E-state index contributed by atoms with van der Waals surface area (Å²) in [7, 11) is 0. The number of carbonyl (C=O) groups excluding carboxylic acids is 1. The molecular formula is C21H23ClN4OS. The van der Waals surface area contributed by atoms with Gasteiger partial charge < -0.3 is 15.1 Å². The fourth-order valence-electron chi connectivity index (χ4n) is 3.49. The van der Waals surface area contributed by atoms with Crippen LogP contribution in [-0.2, 0) is 6.54 Å². The molecule has 0 spiro atoms. The van der Waals surface area contributed by atoms with Crippen LogP contribution in [0.2, 0.25) is 5.02 Å². The Bertz CT molecular complexity index is 994. The fraction of sp³-hybridized carbons (Fsp3) is 0.333. The zero-order valence-electron chi connectivity index (χ0n) is 16.0. The van der Waals surface area contributed by atoms with Gasteiger partial charge in [0.15, 0.2) is 5.13 Å². The van der Waals surface area contributed by atoms with Crippen LogP contribution < -0.4 is 10.2 Å². The average molecular weight is 415 g/mol. The molecule has 1 aliphatic rings. The van der Waals surface area contributed by atoms with E-state index in [1.807, 2.05) is 29.2 Å². The zero-order chi connectivity index (χ0) is 19.7. The number of piperazine rings is 1. The highest BCUT2D eigenvalue weighted by Crippen LogP contribution is 2.32. The second-order valence-electron chi connectivity index (χ2n) is 7.19. The number of aromatic nitrogens is 1. The standard InChI is InChI=1S/C21H23ClN4OS/c1-14-11-15(2)19-18(12-14)24-21(28-19)26-9-7-25(8-10-26)20(27)23-13-16-3-5-17(22)6-4-16/h3-6,11-12H,7-10,13H2,1-2H3,(H,23,27). The number of anilines is 1. The van der Waals surface area contributed by atoms with Crippen molar-refractivity contribution in [3.05, 3.63) is 58.1 Å². The lowest BCUT2D eigenvalue weighted by molar-refractivity contribution is 0.194. The van der Waals surface area contributed by atoms with Gasteiger partial charge in [-0.25, -0.2) is 9.78 Å². The van der Waals surface area contributed by atoms with Crippen LogP contribution in [0.4, 0.5) is 9.93 Å². The van der Waals surface area contributed by atoms with Gasteiger partial charge in [-0.05, 0) is 48.7 Å². The van der Waals surface area contributed by atoms with Gasteiger partial charge in [0.1, 0.15) is 0 Å². The minimum absolute atomic E-state index is 0.0228. The second kappa shape index (κ2) is 7.97. The van der Waals surface area contributed by atoms with Gasteiger partial charge in [-0.2, -0.15) is 0 Å². The molecule has 1 aliphatic heterocycles. The summed E-state index contributed by atoms with van der Waals surface area (Å²) in [5, 5.41) is 4.74. The summed E-state index contributed by atoms with van der Waals surface area (Å²) in [5.74, 6) is 0. The molecule has 0 unspecified atom stereocenters. The molecule has 1 saturated heterocycles. The number of urea groups is 1. The molecule has 146 valence electrons. The molecular weight excluding hydrogens is 392 g/mol. The molecule has 4 rings (SSSR count). The molecule has 5 nitrogen and oxygen atoms in total. The van der Waals surface area contributed by atoms with Crippen LogP contribution in [0.15, 0.2) is 36.4 Å². The third kappa shape index (κ3) is 4.08. The maximum atomic E-state index is 12.5. The third-order valence-corrected chi connectivity index (χ3v) is 6.52. The minimum Gasteiger partial charge on any atom is -0.345 e. The van der Waals surface area contributed by atoms with Gasteiger partial charge in [0, 0.05) is 37.7 Å². The van der Waals surface area contributed by atoms with Crippen molar-refractivity contribution in [2.75, 3.05) is 31.1 Å². The maximum Gasteiger partial charge on any atom is 0.317 e. The first kappa shape index (κ1) is 19.0. The van der Waals surface area contributed by atoms with Crippen LogP contribution in [0.3, 0.4) is 0 Å². The maximum absolute atomic E-state index is 12.5. The molecule has 0 bridgehead atoms. The number of carbonyl (C=O) groups is 1. The Kier molecular flexibility index (Phi) is 5.42. The van der Waals surface area contributed by atoms with E-state index < -0.39 is 0 Å². The van der Waals surface area contributed by atoms with Gasteiger partial charge in [-0.15, -0.1) is 0 Å². The zero-order valence-corrected chi connectivity index (χ0v) is 17.6. The van der Waals surface area contributed by atoms with Crippen LogP contribution in [0.1, 0.15) is 16.7 Å². The Morgan fingerprint density at radius 3 is 2.57 bits per heavy atom. The van der Waals surface area contributed by atoms with E-state index in [0.717, 1.165) is 29.3 Å². The van der Waals surface area contributed by atoms with Crippen LogP contribution >= 0.6 is 22.9 Å². The van der Waals surface area contributed by atoms with E-state index in [1.54, 1.807) is 11.3 Å². The van der Waals surface area contributed by atoms with Crippen molar-refractivity contribution >= 4 is 44.3 Å². The lowest BCUT2D eigenvalue weighted by atomic mass is 10.1. The molecule has 28 heavy (non-hydrogen) atoms. The van der Waals surface area contributed by atoms with Crippen molar-refractivity contribution in [1.82, 2.24) is 15.2 Å². The number of nitrogens with zero attached hydrogens (tertiary/aromatic N) is 3. The number of nitrogens with one attached hydrogen (secondary N) is 1. The second-order valence-corrected chi connectivity index (χ2v) is 8.60. The first-order chi connectivity index (χ1) is 13.5. The number of thiazole rings is 1. The van der Waals surface area contributed by atoms with E-state index >= 15 is 0 Å². The molecule has 0 aliphatic carbocycles. The smallest absolute Gasteiger partial charge is 0.317 e. The summed E-state index contributed by atoms with van der Waals surface area (Å²) in [4.78, 5) is 21.4. The lowest BCUT2D eigenvalue weighted by Crippen LogP contribution is -2.51. The predicted octanol–water partition coefficient (Wildman–Crippen LogP) is 4.60. The van der Waals surface area contributed by atoms with Gasteiger partial charge in [0.2, 0.25) is 0 Å². The predicted molar refractivity (Wildman–Crippen MR) is 117 cm³/mol. The van der Waals surface area contributed by atoms with Gasteiger partial charge >= 0.3 is 6.03 Å². The first-order valence-corrected chi connectivity index (χ1v) is 10.6. The Hall–Kier alpha value is -2.31. The normalized spacial score (nSPS) is 14.5. The van der Waals surface area contributed by atoms with Gasteiger partial charge in [0.05, 0.1) is 10.2 Å². The Morgan fingerprint density at radius 2 is 1.86 bits per heavy atom. The molecule has 1 fully saturated rings. The summed E-state index contributed by atoms with van der Waals surface area (Å²) >= 11 is 7.64. The number of amides is 2. The number of rotatable bonds is 3. The molecule has 7 heteroatoms. The van der Waals surface area contributed by atoms with Crippen molar-refractivity contribution < 1.29 is 4.79 Å². The van der Waals surface area contributed by atoms with Gasteiger partial charge in [-0.3, -0.25) is 0 Å². The van der Waals surface area contributed by atoms with E-state index in [4.69, 9.17) is 16.6 Å². The van der Waals surface area contributed by atoms with E-state index in [0.29, 0.717) is 24.7 Å². The van der Waals surface area contributed by atoms with Gasteiger partial charge in [-0.1, -0.05) is 41.1 Å². The molecule has 2 heterocycles. The summed E-state index contributed by atoms with van der Waals surface area (Å²) in [5.41, 5.74) is 4.63. The highest BCUT2D eigenvalue weighted by Gasteiger charge is 2.23. The van der Waals surface area contributed by atoms with E-state index in [9.17, 15) is 4.79 Å². The van der Waals surface area contributed by atoms with Crippen LogP contribution in [0.5, 0.6) is 0 Å². The molecule has 0 atom stereocenters. The molecule has 1 aromatic heterocycles. The largest absolute Gasteiger partial charge is 0.345 e. The highest BCUT2D eigenvalue weighted by atomic mass is 35.5. The summed E-state index contributed by atoms with van der Waals surface area (Å²) in [6.07, 6.45) is 0. The average Bonchev–Trinajstić information content (AvgIpc) is 3.12. The highest BCUT2D eigenvalue weighted by molar-refractivity contribution is 7.22. The van der Waals surface area contributed by atoms with Crippen molar-refractivity contribution in [1.29, 1.82) is 0 Å². The molecule has 0 radical (unpaired) electrons. The van der Waals surface area contributed by atoms with Crippen LogP contribution in [0.25, 0.3) is 10.2 Å². The number of hydrogen-bond donors (Lipinski definition) is 1. The number of aryl methyl sites for hydroxylation is 2. The molecule has 1 N–H and O–H groups in total. The van der Waals surface area contributed by atoms with E-state index in [-0.39, 0.29) is 6.03 Å². The SMILES string of the molecule is Cc1cc(C)c2sc(N3CCN(C(=O)NCc4ccc(Cl)cc4)CC3)nc2c1. The van der Waals surface area contributed by atoms with Gasteiger partial charge in [0.25, 0.3) is 0 Å². The number of fused-ring (bicyclic) bond motifs is 1. The summed E-state index contributed by atoms with van der Waals surface area (Å²) in [6, 6.07) is 11.8. The molecule has 3 aromatic rings. The van der Waals surface area contributed by atoms with Crippen LogP contribution in [0, 0.1) is 13.8 Å². The number of halogens is 1. The Balaban J connectivity index is 1.34. The van der Waals surface area contributed by atoms with Crippen molar-refractivity contribution in [3.63, 3.8) is 0 Å². The summed E-state index contributed by atoms with van der Waals surface area (Å²) < 4.78 is 1.25. The number of hydrogen-bond acceptors (Lipinski definition) is 4. The van der Waals surface area contributed by atoms with Crippen LogP contribution in [-0.4, -0.2) is 42.1 Å². The summed E-state index contributed by atoms with van der Waals surface area (Å²) in [6.45, 7) is 7.74. The topological polar surface area (TPSA) is 48.5 Å². The molecule has 0 saturated carbocycles. The minimum atomic E-state index is -0.0228. The lowest BCUT2D eigenvalue weighted by Gasteiger charge is -2.34. The quantitative estimate of drug-likeness (QED) is 0.681. The fourth-order valence-corrected chi connectivity index (χ4v) is 4.69. The van der Waals surface area contributed by atoms with E-state index in [2.05, 4.69) is 36.2 Å². The monoisotopic (exact) mass is 414 g/mol. The Morgan fingerprint density at radius 1 is 1.14 bits per heavy atom. The number of benzene rings is 2. The third-order valence-electron chi connectivity index (χ3n) is 5.00.